The number of pyridine rings is 1. The number of carbonyl (C=O) groups excluding carboxylic acids is 2. The number of piperidine rings is 1. The van der Waals surface area contributed by atoms with Gasteiger partial charge in [-0.15, -0.1) is 0 Å². The first-order chi connectivity index (χ1) is 12.2. The fourth-order valence-corrected chi connectivity index (χ4v) is 4.81. The van der Waals surface area contributed by atoms with Crippen molar-refractivity contribution in [2.75, 3.05) is 13.1 Å². The first kappa shape index (κ1) is 16.3. The van der Waals surface area contributed by atoms with Gasteiger partial charge in [-0.2, -0.15) is 11.3 Å². The molecule has 2 aliphatic rings. The van der Waals surface area contributed by atoms with Gasteiger partial charge in [0.1, 0.15) is 0 Å². The van der Waals surface area contributed by atoms with Gasteiger partial charge in [-0.3, -0.25) is 14.6 Å². The second-order valence-corrected chi connectivity index (χ2v) is 7.71. The van der Waals surface area contributed by atoms with Crippen molar-refractivity contribution >= 4 is 23.2 Å². The van der Waals surface area contributed by atoms with E-state index >= 15 is 0 Å². The molecular weight excluding hydrogens is 334 g/mol. The van der Waals surface area contributed by atoms with Gasteiger partial charge in [0.2, 0.25) is 11.8 Å². The quantitative estimate of drug-likeness (QED) is 0.919. The molecule has 1 N–H and O–H groups in total. The topological polar surface area (TPSA) is 62.3 Å². The lowest BCUT2D eigenvalue weighted by atomic mass is 9.74. The Kier molecular flexibility index (Phi) is 4.29. The van der Waals surface area contributed by atoms with Crippen LogP contribution in [0.25, 0.3) is 0 Å². The normalized spacial score (nSPS) is 22.2. The number of amides is 2. The zero-order chi connectivity index (χ0) is 17.3. The molecule has 4 rings (SSSR count). The van der Waals surface area contributed by atoms with Crippen LogP contribution in [0.15, 0.2) is 41.4 Å². The van der Waals surface area contributed by atoms with Crippen molar-refractivity contribution in [3.63, 3.8) is 0 Å². The Labute approximate surface area is 151 Å². The van der Waals surface area contributed by atoms with Crippen molar-refractivity contribution in [3.05, 3.63) is 52.5 Å². The molecule has 1 atom stereocenters. The number of carbonyl (C=O) groups is 2. The molecule has 0 aromatic carbocycles. The number of likely N-dealkylation sites (tertiary alicyclic amines) is 1. The zero-order valence-electron chi connectivity index (χ0n) is 14.0. The number of nitrogens with zero attached hydrogens (tertiary/aromatic N) is 2. The van der Waals surface area contributed by atoms with E-state index in [1.807, 2.05) is 33.9 Å². The molecule has 1 unspecified atom stereocenters. The summed E-state index contributed by atoms with van der Waals surface area (Å²) in [5.41, 5.74) is 2.02. The minimum Gasteiger partial charge on any atom is -0.350 e. The van der Waals surface area contributed by atoms with Crippen molar-refractivity contribution in [3.8, 4) is 0 Å². The van der Waals surface area contributed by atoms with Crippen LogP contribution in [0.5, 0.6) is 0 Å². The summed E-state index contributed by atoms with van der Waals surface area (Å²) in [6.07, 6.45) is 6.17. The van der Waals surface area contributed by atoms with Crippen LogP contribution >= 0.6 is 11.3 Å². The molecule has 2 saturated heterocycles. The maximum Gasteiger partial charge on any atom is 0.227 e. The van der Waals surface area contributed by atoms with E-state index in [4.69, 9.17) is 0 Å². The SMILES string of the molecule is O=C1CC(c2ccncc2)C2(CCN(C(=O)Cc3ccsc3)CC2)N1. The maximum atomic E-state index is 12.5. The Hall–Kier alpha value is -2.21. The highest BCUT2D eigenvalue weighted by molar-refractivity contribution is 7.08. The highest BCUT2D eigenvalue weighted by atomic mass is 32.1. The molecule has 2 fully saturated rings. The van der Waals surface area contributed by atoms with Crippen LogP contribution < -0.4 is 5.32 Å². The van der Waals surface area contributed by atoms with Crippen molar-refractivity contribution in [1.82, 2.24) is 15.2 Å². The smallest absolute Gasteiger partial charge is 0.227 e. The molecule has 2 aromatic rings. The molecule has 0 saturated carbocycles. The molecule has 2 aliphatic heterocycles. The summed E-state index contributed by atoms with van der Waals surface area (Å²) in [4.78, 5) is 30.7. The summed E-state index contributed by atoms with van der Waals surface area (Å²) in [6.45, 7) is 1.40. The number of hydrogen-bond donors (Lipinski definition) is 1. The Balaban J connectivity index is 1.46. The van der Waals surface area contributed by atoms with Crippen molar-refractivity contribution in [1.29, 1.82) is 0 Å². The molecule has 2 aromatic heterocycles. The molecule has 2 amide bonds. The number of thiophene rings is 1. The number of rotatable bonds is 3. The van der Waals surface area contributed by atoms with Crippen LogP contribution in [0.2, 0.25) is 0 Å². The van der Waals surface area contributed by atoms with Crippen LogP contribution in [0.1, 0.15) is 36.3 Å². The summed E-state index contributed by atoms with van der Waals surface area (Å²) >= 11 is 1.62. The van der Waals surface area contributed by atoms with E-state index in [1.165, 1.54) is 0 Å². The van der Waals surface area contributed by atoms with Gasteiger partial charge in [0.15, 0.2) is 0 Å². The average molecular weight is 355 g/mol. The maximum absolute atomic E-state index is 12.5. The average Bonchev–Trinajstić information content (AvgIpc) is 3.24. The Bertz CT molecular complexity index is 752. The minimum atomic E-state index is -0.225. The van der Waals surface area contributed by atoms with E-state index in [0.29, 0.717) is 25.9 Å². The van der Waals surface area contributed by atoms with E-state index < -0.39 is 0 Å². The van der Waals surface area contributed by atoms with E-state index in [1.54, 1.807) is 23.7 Å². The van der Waals surface area contributed by atoms with Crippen LogP contribution in [-0.2, 0) is 16.0 Å². The third kappa shape index (κ3) is 3.18. The van der Waals surface area contributed by atoms with Crippen LogP contribution in [0.4, 0.5) is 0 Å². The molecule has 0 aliphatic carbocycles. The van der Waals surface area contributed by atoms with Crippen molar-refractivity contribution < 1.29 is 9.59 Å². The molecule has 5 nitrogen and oxygen atoms in total. The van der Waals surface area contributed by atoms with Crippen molar-refractivity contribution in [2.45, 2.75) is 37.1 Å². The Morgan fingerprint density at radius 2 is 2.04 bits per heavy atom. The minimum absolute atomic E-state index is 0.111. The van der Waals surface area contributed by atoms with Crippen LogP contribution in [0, 0.1) is 0 Å². The summed E-state index contributed by atoms with van der Waals surface area (Å²) in [6, 6.07) is 6.01. The summed E-state index contributed by atoms with van der Waals surface area (Å²) in [5, 5.41) is 7.26. The van der Waals surface area contributed by atoms with Crippen LogP contribution in [0.3, 0.4) is 0 Å². The molecule has 0 bridgehead atoms. The monoisotopic (exact) mass is 355 g/mol. The Morgan fingerprint density at radius 1 is 1.28 bits per heavy atom. The van der Waals surface area contributed by atoms with Gasteiger partial charge in [0, 0.05) is 37.8 Å². The second kappa shape index (κ2) is 6.59. The second-order valence-electron chi connectivity index (χ2n) is 6.93. The molecule has 6 heteroatoms. The molecular formula is C19H21N3O2S. The lowest BCUT2D eigenvalue weighted by Crippen LogP contribution is -2.54. The van der Waals surface area contributed by atoms with E-state index in [-0.39, 0.29) is 23.3 Å². The fourth-order valence-electron chi connectivity index (χ4n) is 4.14. The van der Waals surface area contributed by atoms with Gasteiger partial charge in [0.05, 0.1) is 12.0 Å². The third-order valence-corrected chi connectivity index (χ3v) is 6.23. The predicted molar refractivity (Wildman–Crippen MR) is 96.3 cm³/mol. The van der Waals surface area contributed by atoms with Crippen LogP contribution in [-0.4, -0.2) is 40.3 Å². The lowest BCUT2D eigenvalue weighted by molar-refractivity contribution is -0.132. The predicted octanol–water partition coefficient (Wildman–Crippen LogP) is 2.35. The van der Waals surface area contributed by atoms with Gasteiger partial charge >= 0.3 is 0 Å². The number of nitrogens with one attached hydrogen (secondary N) is 1. The third-order valence-electron chi connectivity index (χ3n) is 5.50. The first-order valence-corrected chi connectivity index (χ1v) is 9.60. The van der Waals surface area contributed by atoms with Gasteiger partial charge in [-0.25, -0.2) is 0 Å². The van der Waals surface area contributed by atoms with E-state index in [9.17, 15) is 9.59 Å². The molecule has 4 heterocycles. The molecule has 130 valence electrons. The van der Waals surface area contributed by atoms with Gasteiger partial charge < -0.3 is 10.2 Å². The first-order valence-electron chi connectivity index (χ1n) is 8.66. The van der Waals surface area contributed by atoms with Gasteiger partial charge in [-0.05, 0) is 52.9 Å². The summed E-state index contributed by atoms with van der Waals surface area (Å²) in [5.74, 6) is 0.454. The molecule has 0 radical (unpaired) electrons. The van der Waals surface area contributed by atoms with Gasteiger partial charge in [-0.1, -0.05) is 0 Å². The molecule has 1 spiro atoms. The summed E-state index contributed by atoms with van der Waals surface area (Å²) < 4.78 is 0. The Morgan fingerprint density at radius 3 is 2.72 bits per heavy atom. The number of hydrogen-bond acceptors (Lipinski definition) is 4. The zero-order valence-corrected chi connectivity index (χ0v) is 14.8. The highest BCUT2D eigenvalue weighted by Gasteiger charge is 2.49. The standard InChI is InChI=1S/C19H21N3O2S/c23-17-12-16(15-1-6-20-7-2-15)19(21-17)4-8-22(9-5-19)18(24)11-14-3-10-25-13-14/h1-3,6-7,10,13,16H,4-5,8-9,11-12H2,(H,21,23). The van der Waals surface area contributed by atoms with Crippen molar-refractivity contribution in [2.24, 2.45) is 0 Å². The van der Waals surface area contributed by atoms with Gasteiger partial charge in [0.25, 0.3) is 0 Å². The lowest BCUT2D eigenvalue weighted by Gasteiger charge is -2.43. The summed E-state index contributed by atoms with van der Waals surface area (Å²) in [7, 11) is 0. The molecule has 25 heavy (non-hydrogen) atoms. The van der Waals surface area contributed by atoms with E-state index in [0.717, 1.165) is 24.0 Å². The fraction of sp³-hybridized carbons (Fsp3) is 0.421. The highest BCUT2D eigenvalue weighted by Crippen LogP contribution is 2.43. The number of aromatic nitrogens is 1. The largest absolute Gasteiger partial charge is 0.350 e. The van der Waals surface area contributed by atoms with E-state index in [2.05, 4.69) is 10.3 Å².